The van der Waals surface area contributed by atoms with Crippen molar-refractivity contribution in [3.05, 3.63) is 35.8 Å². The van der Waals surface area contributed by atoms with E-state index in [9.17, 15) is 0 Å². The fraction of sp³-hybridized carbons (Fsp3) is 0.250. The number of hydrogen-bond donors (Lipinski definition) is 1. The zero-order valence-corrected chi connectivity index (χ0v) is 9.75. The van der Waals surface area contributed by atoms with Gasteiger partial charge in [0.05, 0.1) is 23.1 Å². The van der Waals surface area contributed by atoms with Gasteiger partial charge in [0, 0.05) is 6.20 Å². The van der Waals surface area contributed by atoms with Gasteiger partial charge in [-0.25, -0.2) is 9.67 Å². The first kappa shape index (κ1) is 11.1. The van der Waals surface area contributed by atoms with Crippen LogP contribution >= 0.6 is 0 Å². The number of aromatic nitrogens is 3. The summed E-state index contributed by atoms with van der Waals surface area (Å²) >= 11 is 0. The van der Waals surface area contributed by atoms with Crippen LogP contribution in [0.1, 0.15) is 31.0 Å². The van der Waals surface area contributed by atoms with Gasteiger partial charge in [-0.05, 0) is 18.1 Å². The molecule has 0 aliphatic rings. The maximum absolute atomic E-state index is 9.03. The topological polar surface area (TPSA) is 80.5 Å². The minimum Gasteiger partial charge on any atom is -0.397 e. The van der Waals surface area contributed by atoms with Crippen LogP contribution in [0, 0.1) is 11.3 Å². The van der Waals surface area contributed by atoms with Crippen molar-refractivity contribution in [2.24, 2.45) is 0 Å². The van der Waals surface area contributed by atoms with Crippen molar-refractivity contribution in [2.45, 2.75) is 19.8 Å². The average molecular weight is 227 g/mol. The molecule has 0 unspecified atom stereocenters. The van der Waals surface area contributed by atoms with E-state index in [-0.39, 0.29) is 0 Å². The Balaban J connectivity index is 2.49. The molecule has 0 aromatic carbocycles. The molecule has 17 heavy (non-hydrogen) atoms. The third kappa shape index (κ3) is 2.11. The number of nitrogens with zero attached hydrogens (tertiary/aromatic N) is 4. The highest BCUT2D eigenvalue weighted by Gasteiger charge is 2.09. The summed E-state index contributed by atoms with van der Waals surface area (Å²) in [7, 11) is 0. The van der Waals surface area contributed by atoms with Gasteiger partial charge in [-0.1, -0.05) is 13.8 Å². The summed E-state index contributed by atoms with van der Waals surface area (Å²) in [6, 6.07) is 5.59. The van der Waals surface area contributed by atoms with Crippen LogP contribution in [0.5, 0.6) is 0 Å². The number of pyridine rings is 1. The Morgan fingerprint density at radius 1 is 1.47 bits per heavy atom. The lowest BCUT2D eigenvalue weighted by atomic mass is 10.1. The SMILES string of the molecule is CC(C)c1ccn(-c2ncc(N)cc2C#N)n1. The van der Waals surface area contributed by atoms with E-state index in [0.29, 0.717) is 23.0 Å². The van der Waals surface area contributed by atoms with E-state index in [4.69, 9.17) is 11.0 Å². The summed E-state index contributed by atoms with van der Waals surface area (Å²) in [6.45, 7) is 4.13. The van der Waals surface area contributed by atoms with Gasteiger partial charge in [-0.2, -0.15) is 10.4 Å². The summed E-state index contributed by atoms with van der Waals surface area (Å²) in [4.78, 5) is 4.14. The molecule has 0 bridgehead atoms. The molecule has 2 heterocycles. The third-order valence-corrected chi connectivity index (χ3v) is 2.43. The molecule has 0 aliphatic heterocycles. The number of nitriles is 1. The highest BCUT2D eigenvalue weighted by Crippen LogP contribution is 2.16. The first-order valence-electron chi connectivity index (χ1n) is 5.33. The highest BCUT2D eigenvalue weighted by atomic mass is 15.3. The van der Waals surface area contributed by atoms with Crippen molar-refractivity contribution in [2.75, 3.05) is 5.73 Å². The molecule has 0 saturated carbocycles. The minimum atomic E-state index is 0.343. The molecule has 2 N–H and O–H groups in total. The van der Waals surface area contributed by atoms with Crippen LogP contribution in [0.4, 0.5) is 5.69 Å². The Morgan fingerprint density at radius 3 is 2.82 bits per heavy atom. The molecule has 2 rings (SSSR count). The predicted molar refractivity (Wildman–Crippen MR) is 64.6 cm³/mol. The molecular formula is C12H13N5. The molecule has 86 valence electrons. The number of nitrogens with two attached hydrogens (primary N) is 1. The van der Waals surface area contributed by atoms with E-state index in [2.05, 4.69) is 30.0 Å². The zero-order chi connectivity index (χ0) is 12.4. The van der Waals surface area contributed by atoms with Gasteiger partial charge >= 0.3 is 0 Å². The van der Waals surface area contributed by atoms with Crippen LogP contribution in [0.15, 0.2) is 24.5 Å². The minimum absolute atomic E-state index is 0.343. The lowest BCUT2D eigenvalue weighted by Crippen LogP contribution is -2.03. The molecule has 0 fully saturated rings. The first-order chi connectivity index (χ1) is 8.11. The standard InChI is InChI=1S/C12H13N5/c1-8(2)11-3-4-17(16-11)12-9(6-13)5-10(14)7-15-12/h3-5,7-8H,14H2,1-2H3. The van der Waals surface area contributed by atoms with E-state index in [1.807, 2.05) is 6.07 Å². The summed E-state index contributed by atoms with van der Waals surface area (Å²) in [6.07, 6.45) is 3.32. The first-order valence-corrected chi connectivity index (χ1v) is 5.33. The smallest absolute Gasteiger partial charge is 0.171 e. The van der Waals surface area contributed by atoms with Crippen LogP contribution in [0.2, 0.25) is 0 Å². The normalized spacial score (nSPS) is 10.5. The maximum atomic E-state index is 9.03. The number of anilines is 1. The van der Waals surface area contributed by atoms with Crippen molar-refractivity contribution in [3.63, 3.8) is 0 Å². The quantitative estimate of drug-likeness (QED) is 0.848. The molecule has 0 radical (unpaired) electrons. The van der Waals surface area contributed by atoms with Gasteiger partial charge in [0.2, 0.25) is 0 Å². The van der Waals surface area contributed by atoms with Gasteiger partial charge in [0.15, 0.2) is 5.82 Å². The van der Waals surface area contributed by atoms with Gasteiger partial charge in [0.1, 0.15) is 6.07 Å². The van der Waals surface area contributed by atoms with Gasteiger partial charge < -0.3 is 5.73 Å². The fourth-order valence-corrected chi connectivity index (χ4v) is 1.50. The lowest BCUT2D eigenvalue weighted by Gasteiger charge is -2.04. The van der Waals surface area contributed by atoms with Gasteiger partial charge in [0.25, 0.3) is 0 Å². The monoisotopic (exact) mass is 227 g/mol. The second-order valence-electron chi connectivity index (χ2n) is 4.09. The van der Waals surface area contributed by atoms with Gasteiger partial charge in [-0.15, -0.1) is 0 Å². The Kier molecular flexibility index (Phi) is 2.79. The number of nitrogen functional groups attached to an aromatic ring is 1. The largest absolute Gasteiger partial charge is 0.397 e. The van der Waals surface area contributed by atoms with Crippen molar-refractivity contribution >= 4 is 5.69 Å². The average Bonchev–Trinajstić information content (AvgIpc) is 2.78. The van der Waals surface area contributed by atoms with E-state index in [0.717, 1.165) is 5.69 Å². The third-order valence-electron chi connectivity index (χ3n) is 2.43. The summed E-state index contributed by atoms with van der Waals surface area (Å²) in [5.74, 6) is 0.851. The fourth-order valence-electron chi connectivity index (χ4n) is 1.50. The van der Waals surface area contributed by atoms with Crippen molar-refractivity contribution in [3.8, 4) is 11.9 Å². The Labute approximate surface area is 99.5 Å². The maximum Gasteiger partial charge on any atom is 0.171 e. The Bertz CT molecular complexity index is 577. The van der Waals surface area contributed by atoms with Gasteiger partial charge in [-0.3, -0.25) is 0 Å². The van der Waals surface area contributed by atoms with E-state index < -0.39 is 0 Å². The van der Waals surface area contributed by atoms with Crippen molar-refractivity contribution < 1.29 is 0 Å². The summed E-state index contributed by atoms with van der Waals surface area (Å²) in [5, 5.41) is 13.4. The van der Waals surface area contributed by atoms with Crippen LogP contribution in [-0.2, 0) is 0 Å². The predicted octanol–water partition coefficient (Wildman–Crippen LogP) is 1.84. The summed E-state index contributed by atoms with van der Waals surface area (Å²) < 4.78 is 1.60. The summed E-state index contributed by atoms with van der Waals surface area (Å²) in [5.41, 5.74) is 7.45. The highest BCUT2D eigenvalue weighted by molar-refractivity contribution is 5.51. The zero-order valence-electron chi connectivity index (χ0n) is 9.75. The Hall–Kier alpha value is -2.35. The van der Waals surface area contributed by atoms with Crippen molar-refractivity contribution in [1.29, 1.82) is 5.26 Å². The molecule has 0 amide bonds. The van der Waals surface area contributed by atoms with Crippen LogP contribution in [-0.4, -0.2) is 14.8 Å². The Morgan fingerprint density at radius 2 is 2.24 bits per heavy atom. The molecule has 0 atom stereocenters. The van der Waals surface area contributed by atoms with E-state index >= 15 is 0 Å². The molecule has 0 spiro atoms. The van der Waals surface area contributed by atoms with Crippen molar-refractivity contribution in [1.82, 2.24) is 14.8 Å². The molecular weight excluding hydrogens is 214 g/mol. The number of rotatable bonds is 2. The second kappa shape index (κ2) is 4.26. The molecule has 5 heteroatoms. The second-order valence-corrected chi connectivity index (χ2v) is 4.09. The molecule has 0 aliphatic carbocycles. The molecule has 5 nitrogen and oxygen atoms in total. The van der Waals surface area contributed by atoms with E-state index in [1.165, 1.54) is 6.20 Å². The van der Waals surface area contributed by atoms with Crippen LogP contribution in [0.25, 0.3) is 5.82 Å². The van der Waals surface area contributed by atoms with Crippen LogP contribution < -0.4 is 5.73 Å². The molecule has 2 aromatic heterocycles. The number of hydrogen-bond acceptors (Lipinski definition) is 4. The van der Waals surface area contributed by atoms with E-state index in [1.54, 1.807) is 16.9 Å². The van der Waals surface area contributed by atoms with Crippen LogP contribution in [0.3, 0.4) is 0 Å². The lowest BCUT2D eigenvalue weighted by molar-refractivity contribution is 0.757. The molecule has 0 saturated heterocycles. The molecule has 2 aromatic rings.